The summed E-state index contributed by atoms with van der Waals surface area (Å²) in [5.41, 5.74) is -0.0144. The van der Waals surface area contributed by atoms with Crippen LogP contribution in [0.5, 0.6) is 5.75 Å². The van der Waals surface area contributed by atoms with Gasteiger partial charge < -0.3 is 14.8 Å². The Labute approximate surface area is 211 Å². The number of amides is 1. The summed E-state index contributed by atoms with van der Waals surface area (Å²) in [5, 5.41) is 4.69. The summed E-state index contributed by atoms with van der Waals surface area (Å²) >= 11 is 18.2. The highest BCUT2D eigenvalue weighted by molar-refractivity contribution is 6.34. The second-order valence-corrected chi connectivity index (χ2v) is 10.6. The molecule has 180 valence electrons. The number of nitrogens with one attached hydrogen (secondary N) is 1. The van der Waals surface area contributed by atoms with Gasteiger partial charge >= 0.3 is 0 Å². The molecule has 4 nitrogen and oxygen atoms in total. The molecule has 2 atom stereocenters. The molecule has 1 amide bonds. The Hall–Kier alpha value is -1.46. The summed E-state index contributed by atoms with van der Waals surface area (Å²) in [5.74, 6) is 0.792. The van der Waals surface area contributed by atoms with Crippen LogP contribution < -0.4 is 10.1 Å². The smallest absolute Gasteiger partial charge is 0.263 e. The Bertz CT molecular complexity index is 907. The second kappa shape index (κ2) is 11.8. The predicted molar refractivity (Wildman–Crippen MR) is 136 cm³/mol. The molecular weight excluding hydrogens is 481 g/mol. The monoisotopic (exact) mass is 511 g/mol. The van der Waals surface area contributed by atoms with Crippen molar-refractivity contribution in [3.63, 3.8) is 0 Å². The molecule has 0 aliphatic heterocycles. The summed E-state index contributed by atoms with van der Waals surface area (Å²) in [6, 6.07) is 12.4. The highest BCUT2D eigenvalue weighted by atomic mass is 35.5. The van der Waals surface area contributed by atoms with Crippen LogP contribution in [-0.2, 0) is 16.0 Å². The van der Waals surface area contributed by atoms with E-state index in [0.29, 0.717) is 39.8 Å². The Balaban J connectivity index is 1.66. The third kappa shape index (κ3) is 8.06. The Kier molecular flexibility index (Phi) is 9.34. The fourth-order valence-corrected chi connectivity index (χ4v) is 4.70. The zero-order chi connectivity index (χ0) is 24.0. The van der Waals surface area contributed by atoms with Crippen molar-refractivity contribution < 1.29 is 14.3 Å². The molecule has 0 heterocycles. The van der Waals surface area contributed by atoms with Gasteiger partial charge in [-0.25, -0.2) is 0 Å². The van der Waals surface area contributed by atoms with Crippen molar-refractivity contribution in [2.24, 2.45) is 5.92 Å². The molecule has 1 N–H and O–H groups in total. The van der Waals surface area contributed by atoms with Gasteiger partial charge in [-0.2, -0.15) is 0 Å². The van der Waals surface area contributed by atoms with E-state index in [1.165, 1.54) is 25.7 Å². The zero-order valence-corrected chi connectivity index (χ0v) is 21.6. The molecule has 2 unspecified atom stereocenters. The molecule has 7 heteroatoms. The molecule has 1 aliphatic carbocycles. The van der Waals surface area contributed by atoms with E-state index >= 15 is 0 Å². The van der Waals surface area contributed by atoms with Gasteiger partial charge in [0.2, 0.25) is 0 Å². The zero-order valence-electron chi connectivity index (χ0n) is 19.4. The average molecular weight is 513 g/mol. The summed E-state index contributed by atoms with van der Waals surface area (Å²) in [7, 11) is 0. The van der Waals surface area contributed by atoms with Crippen molar-refractivity contribution in [3.8, 4) is 5.75 Å². The summed E-state index contributed by atoms with van der Waals surface area (Å²) in [6.07, 6.45) is 5.44. The standard InChI is InChI=1S/C26H32Cl3NO3/c1-17(30-25(31)26(2,3)33-23-14-21(28)13-22(29)15-23)24(32-16-19-6-4-5-7-19)12-18-8-10-20(27)11-9-18/h8-11,13-15,17,19,24H,4-7,12,16H2,1-3H3,(H,30,31). The van der Waals surface area contributed by atoms with E-state index in [0.717, 1.165) is 5.56 Å². The molecule has 33 heavy (non-hydrogen) atoms. The van der Waals surface area contributed by atoms with Crippen LogP contribution in [0.25, 0.3) is 0 Å². The quantitative estimate of drug-likeness (QED) is 0.368. The number of hydrogen-bond acceptors (Lipinski definition) is 3. The van der Waals surface area contributed by atoms with Gasteiger partial charge in [-0.1, -0.05) is 59.8 Å². The average Bonchev–Trinajstić information content (AvgIpc) is 3.25. The van der Waals surface area contributed by atoms with E-state index < -0.39 is 5.60 Å². The minimum atomic E-state index is -1.13. The first-order valence-corrected chi connectivity index (χ1v) is 12.6. The van der Waals surface area contributed by atoms with Crippen molar-refractivity contribution in [2.45, 2.75) is 70.6 Å². The van der Waals surface area contributed by atoms with E-state index in [4.69, 9.17) is 44.3 Å². The van der Waals surface area contributed by atoms with Gasteiger partial charge in [-0.05, 0) is 75.4 Å². The Morgan fingerprint density at radius 3 is 2.24 bits per heavy atom. The number of hydrogen-bond donors (Lipinski definition) is 1. The van der Waals surface area contributed by atoms with Crippen LogP contribution in [0.3, 0.4) is 0 Å². The lowest BCUT2D eigenvalue weighted by Crippen LogP contribution is -2.53. The maximum atomic E-state index is 13.1. The van der Waals surface area contributed by atoms with Crippen LogP contribution >= 0.6 is 34.8 Å². The fraction of sp³-hybridized carbons (Fsp3) is 0.500. The number of carbonyl (C=O) groups excluding carboxylic acids is 1. The molecule has 0 radical (unpaired) electrons. The fourth-order valence-electron chi connectivity index (χ4n) is 4.07. The largest absolute Gasteiger partial charge is 0.478 e. The maximum absolute atomic E-state index is 13.1. The lowest BCUT2D eigenvalue weighted by molar-refractivity contribution is -0.136. The lowest BCUT2D eigenvalue weighted by atomic mass is 10.0. The molecular formula is C26H32Cl3NO3. The summed E-state index contributed by atoms with van der Waals surface area (Å²) < 4.78 is 12.3. The minimum absolute atomic E-state index is 0.174. The number of ether oxygens (including phenoxy) is 2. The molecule has 1 aliphatic rings. The van der Waals surface area contributed by atoms with Gasteiger partial charge in [0.05, 0.1) is 12.1 Å². The Morgan fingerprint density at radius 1 is 1.03 bits per heavy atom. The highest BCUT2D eigenvalue weighted by Gasteiger charge is 2.33. The van der Waals surface area contributed by atoms with Crippen LogP contribution in [0.1, 0.15) is 52.0 Å². The van der Waals surface area contributed by atoms with Crippen LogP contribution in [0.15, 0.2) is 42.5 Å². The van der Waals surface area contributed by atoms with Crippen molar-refractivity contribution in [3.05, 3.63) is 63.1 Å². The molecule has 1 saturated carbocycles. The number of rotatable bonds is 10. The molecule has 2 aromatic rings. The number of carbonyl (C=O) groups is 1. The lowest BCUT2D eigenvalue weighted by Gasteiger charge is -2.31. The van der Waals surface area contributed by atoms with Crippen LogP contribution in [-0.4, -0.2) is 30.3 Å². The van der Waals surface area contributed by atoms with Gasteiger partial charge in [0.25, 0.3) is 5.91 Å². The minimum Gasteiger partial charge on any atom is -0.478 e. The van der Waals surface area contributed by atoms with E-state index in [1.54, 1.807) is 32.0 Å². The molecule has 2 aromatic carbocycles. The molecule has 3 rings (SSSR count). The van der Waals surface area contributed by atoms with Crippen LogP contribution in [0, 0.1) is 5.92 Å². The SMILES string of the molecule is CC(NC(=O)C(C)(C)Oc1cc(Cl)cc(Cl)c1)C(Cc1ccc(Cl)cc1)OCC1CCCC1. The van der Waals surface area contributed by atoms with Gasteiger partial charge in [-0.3, -0.25) is 4.79 Å². The normalized spacial score (nSPS) is 16.4. The van der Waals surface area contributed by atoms with Gasteiger partial charge in [0.1, 0.15) is 5.75 Å². The number of benzene rings is 2. The molecule has 0 spiro atoms. The summed E-state index contributed by atoms with van der Waals surface area (Å²) in [4.78, 5) is 13.1. The summed E-state index contributed by atoms with van der Waals surface area (Å²) in [6.45, 7) is 6.12. The highest BCUT2D eigenvalue weighted by Crippen LogP contribution is 2.28. The van der Waals surface area contributed by atoms with Crippen molar-refractivity contribution in [2.75, 3.05) is 6.61 Å². The number of halogens is 3. The van der Waals surface area contributed by atoms with E-state index in [2.05, 4.69) is 5.32 Å². The first kappa shape index (κ1) is 26.2. The first-order valence-electron chi connectivity index (χ1n) is 11.4. The first-order chi connectivity index (χ1) is 15.6. The predicted octanol–water partition coefficient (Wildman–Crippen LogP) is 7.13. The van der Waals surface area contributed by atoms with E-state index in [-0.39, 0.29) is 18.1 Å². The third-order valence-electron chi connectivity index (χ3n) is 6.04. The maximum Gasteiger partial charge on any atom is 0.263 e. The second-order valence-electron chi connectivity index (χ2n) is 9.33. The molecule has 0 saturated heterocycles. The van der Waals surface area contributed by atoms with Gasteiger partial charge in [-0.15, -0.1) is 0 Å². The van der Waals surface area contributed by atoms with Crippen molar-refractivity contribution in [1.82, 2.24) is 5.32 Å². The molecule has 0 bridgehead atoms. The molecule has 1 fully saturated rings. The van der Waals surface area contributed by atoms with Crippen LogP contribution in [0.4, 0.5) is 0 Å². The topological polar surface area (TPSA) is 47.6 Å². The van der Waals surface area contributed by atoms with E-state index in [1.807, 2.05) is 31.2 Å². The molecule has 0 aromatic heterocycles. The Morgan fingerprint density at radius 2 is 1.64 bits per heavy atom. The van der Waals surface area contributed by atoms with Crippen molar-refractivity contribution in [1.29, 1.82) is 0 Å². The van der Waals surface area contributed by atoms with Gasteiger partial charge in [0.15, 0.2) is 5.60 Å². The van der Waals surface area contributed by atoms with Crippen molar-refractivity contribution >= 4 is 40.7 Å². The third-order valence-corrected chi connectivity index (χ3v) is 6.73. The van der Waals surface area contributed by atoms with Crippen LogP contribution in [0.2, 0.25) is 15.1 Å². The van der Waals surface area contributed by atoms with Gasteiger partial charge in [0, 0.05) is 28.1 Å². The van der Waals surface area contributed by atoms with E-state index in [9.17, 15) is 4.79 Å².